The van der Waals surface area contributed by atoms with Crippen LogP contribution in [0.1, 0.15) is 0 Å². The van der Waals surface area contributed by atoms with Crippen LogP contribution >= 0.6 is 0 Å². The van der Waals surface area contributed by atoms with Crippen molar-refractivity contribution in [1.82, 2.24) is 15.0 Å². The zero-order valence-corrected chi connectivity index (χ0v) is 23.9. The van der Waals surface area contributed by atoms with E-state index in [1.165, 1.54) is 0 Å². The molecule has 7 rings (SSSR count). The molecular weight excluding hydrogens is 538 g/mol. The number of benzene rings is 6. The molecule has 0 saturated carbocycles. The van der Waals surface area contributed by atoms with Gasteiger partial charge in [-0.3, -0.25) is 0 Å². The van der Waals surface area contributed by atoms with Gasteiger partial charge in [0.15, 0.2) is 17.5 Å². The second-order valence-corrected chi connectivity index (χ2v) is 10.5. The van der Waals surface area contributed by atoms with Crippen molar-refractivity contribution >= 4 is 17.1 Å². The Bertz CT molecular complexity index is 2000. The van der Waals surface area contributed by atoms with E-state index in [4.69, 9.17) is 20.7 Å². The molecule has 0 aliphatic carbocycles. The standard InChI is InChI=1S/C39H29N5/c40-35-22-7-8-23-36(35)41-34-21-11-19-32(26-34)30-17-9-16-29(24-30)31-18-10-20-33(25-31)39-43-37(27-12-3-1-4-13-27)42-38(44-39)28-14-5-2-6-15-28/h1-26,41H,40H2. The maximum Gasteiger partial charge on any atom is 0.164 e. The second kappa shape index (κ2) is 12.0. The summed E-state index contributed by atoms with van der Waals surface area (Å²) in [6, 6.07) is 53.2. The zero-order chi connectivity index (χ0) is 29.7. The van der Waals surface area contributed by atoms with Crippen molar-refractivity contribution in [3.63, 3.8) is 0 Å². The van der Waals surface area contributed by atoms with Crippen LogP contribution in [0.5, 0.6) is 0 Å². The molecule has 44 heavy (non-hydrogen) atoms. The van der Waals surface area contributed by atoms with E-state index >= 15 is 0 Å². The third kappa shape index (κ3) is 5.80. The van der Waals surface area contributed by atoms with E-state index in [1.54, 1.807) is 0 Å². The number of anilines is 3. The fourth-order valence-corrected chi connectivity index (χ4v) is 5.20. The van der Waals surface area contributed by atoms with Crippen molar-refractivity contribution in [1.29, 1.82) is 0 Å². The number of hydrogen-bond acceptors (Lipinski definition) is 5. The Morgan fingerprint density at radius 3 is 1.34 bits per heavy atom. The molecule has 5 heteroatoms. The van der Waals surface area contributed by atoms with Crippen molar-refractivity contribution in [2.75, 3.05) is 11.1 Å². The largest absolute Gasteiger partial charge is 0.397 e. The van der Waals surface area contributed by atoms with Crippen molar-refractivity contribution in [3.05, 3.63) is 158 Å². The summed E-state index contributed by atoms with van der Waals surface area (Å²) in [5.41, 5.74) is 16.0. The van der Waals surface area contributed by atoms with E-state index < -0.39 is 0 Å². The third-order valence-electron chi connectivity index (χ3n) is 7.45. The van der Waals surface area contributed by atoms with Gasteiger partial charge in [0.25, 0.3) is 0 Å². The minimum Gasteiger partial charge on any atom is -0.397 e. The van der Waals surface area contributed by atoms with Crippen LogP contribution in [0.25, 0.3) is 56.4 Å². The molecule has 0 bridgehead atoms. The summed E-state index contributed by atoms with van der Waals surface area (Å²) >= 11 is 0. The highest BCUT2D eigenvalue weighted by atomic mass is 15.0. The number of para-hydroxylation sites is 2. The van der Waals surface area contributed by atoms with Gasteiger partial charge in [-0.25, -0.2) is 15.0 Å². The third-order valence-corrected chi connectivity index (χ3v) is 7.45. The van der Waals surface area contributed by atoms with Gasteiger partial charge in [-0.1, -0.05) is 121 Å². The highest BCUT2D eigenvalue weighted by Gasteiger charge is 2.13. The molecule has 0 fully saturated rings. The lowest BCUT2D eigenvalue weighted by Gasteiger charge is -2.12. The number of nitrogen functional groups attached to an aromatic ring is 1. The predicted octanol–water partition coefficient (Wildman–Crippen LogP) is 9.53. The van der Waals surface area contributed by atoms with E-state index in [-0.39, 0.29) is 0 Å². The molecule has 0 atom stereocenters. The molecule has 1 aromatic heterocycles. The first-order valence-electron chi connectivity index (χ1n) is 14.5. The molecule has 0 aliphatic heterocycles. The van der Waals surface area contributed by atoms with E-state index in [2.05, 4.69) is 72.0 Å². The van der Waals surface area contributed by atoms with E-state index in [0.717, 1.165) is 50.3 Å². The van der Waals surface area contributed by atoms with Crippen LogP contribution in [0.15, 0.2) is 158 Å². The molecule has 0 radical (unpaired) electrons. The molecule has 0 unspecified atom stereocenters. The van der Waals surface area contributed by atoms with Gasteiger partial charge in [-0.05, 0) is 58.7 Å². The van der Waals surface area contributed by atoms with E-state index in [1.807, 2.05) is 91.0 Å². The maximum absolute atomic E-state index is 6.16. The first-order valence-corrected chi connectivity index (χ1v) is 14.5. The SMILES string of the molecule is Nc1ccccc1Nc1cccc(-c2cccc(-c3cccc(-c4nc(-c5ccccc5)nc(-c5ccccc5)n4)c3)c2)c1. The number of nitrogens with one attached hydrogen (secondary N) is 1. The van der Waals surface area contributed by atoms with Gasteiger partial charge < -0.3 is 11.1 Å². The van der Waals surface area contributed by atoms with Crippen LogP contribution in [-0.4, -0.2) is 15.0 Å². The molecule has 0 aliphatic rings. The second-order valence-electron chi connectivity index (χ2n) is 10.5. The van der Waals surface area contributed by atoms with Gasteiger partial charge in [-0.15, -0.1) is 0 Å². The zero-order valence-electron chi connectivity index (χ0n) is 23.9. The first-order chi connectivity index (χ1) is 21.7. The molecule has 210 valence electrons. The summed E-state index contributed by atoms with van der Waals surface area (Å²) < 4.78 is 0. The Balaban J connectivity index is 1.24. The van der Waals surface area contributed by atoms with Crippen LogP contribution in [0.4, 0.5) is 17.1 Å². The first kappa shape index (κ1) is 26.8. The monoisotopic (exact) mass is 567 g/mol. The summed E-state index contributed by atoms with van der Waals surface area (Å²) in [6.45, 7) is 0. The van der Waals surface area contributed by atoms with Crippen molar-refractivity contribution in [3.8, 4) is 56.4 Å². The van der Waals surface area contributed by atoms with E-state index in [9.17, 15) is 0 Å². The lowest BCUT2D eigenvalue weighted by molar-refractivity contribution is 1.07. The van der Waals surface area contributed by atoms with Crippen molar-refractivity contribution < 1.29 is 0 Å². The Hall–Kier alpha value is -6.07. The molecule has 3 N–H and O–H groups in total. The van der Waals surface area contributed by atoms with Crippen LogP contribution in [0, 0.1) is 0 Å². The molecule has 7 aromatic rings. The Morgan fingerprint density at radius 2 is 0.773 bits per heavy atom. The fourth-order valence-electron chi connectivity index (χ4n) is 5.20. The number of nitrogens with zero attached hydrogens (tertiary/aromatic N) is 3. The van der Waals surface area contributed by atoms with Gasteiger partial charge >= 0.3 is 0 Å². The summed E-state index contributed by atoms with van der Waals surface area (Å²) in [5.74, 6) is 1.93. The summed E-state index contributed by atoms with van der Waals surface area (Å²) in [4.78, 5) is 14.7. The molecular formula is C39H29N5. The molecule has 6 aromatic carbocycles. The molecule has 0 saturated heterocycles. The minimum atomic E-state index is 0.634. The normalized spacial score (nSPS) is 10.8. The Kier molecular flexibility index (Phi) is 7.33. The number of nitrogens with two attached hydrogens (primary N) is 1. The molecule has 5 nitrogen and oxygen atoms in total. The van der Waals surface area contributed by atoms with Crippen LogP contribution < -0.4 is 11.1 Å². The average molecular weight is 568 g/mol. The lowest BCUT2D eigenvalue weighted by Crippen LogP contribution is -2.00. The summed E-state index contributed by atoms with van der Waals surface area (Å²) in [6.07, 6.45) is 0. The maximum atomic E-state index is 6.16. The number of hydrogen-bond donors (Lipinski definition) is 2. The molecule has 0 spiro atoms. The van der Waals surface area contributed by atoms with Crippen molar-refractivity contribution in [2.24, 2.45) is 0 Å². The molecule has 0 amide bonds. The van der Waals surface area contributed by atoms with Crippen molar-refractivity contribution in [2.45, 2.75) is 0 Å². The smallest absolute Gasteiger partial charge is 0.164 e. The number of aromatic nitrogens is 3. The Labute approximate surface area is 256 Å². The fraction of sp³-hybridized carbons (Fsp3) is 0. The van der Waals surface area contributed by atoms with E-state index in [0.29, 0.717) is 23.2 Å². The van der Waals surface area contributed by atoms with Gasteiger partial charge in [0.2, 0.25) is 0 Å². The highest BCUT2D eigenvalue weighted by Crippen LogP contribution is 2.32. The van der Waals surface area contributed by atoms with Gasteiger partial charge in [0.05, 0.1) is 11.4 Å². The van der Waals surface area contributed by atoms with Gasteiger partial charge in [0.1, 0.15) is 0 Å². The lowest BCUT2D eigenvalue weighted by atomic mass is 9.97. The van der Waals surface area contributed by atoms with Crippen LogP contribution in [0.2, 0.25) is 0 Å². The minimum absolute atomic E-state index is 0.634. The summed E-state index contributed by atoms with van der Waals surface area (Å²) in [7, 11) is 0. The summed E-state index contributed by atoms with van der Waals surface area (Å²) in [5, 5.41) is 3.44. The van der Waals surface area contributed by atoms with Gasteiger partial charge in [0, 0.05) is 22.4 Å². The van der Waals surface area contributed by atoms with Crippen LogP contribution in [0.3, 0.4) is 0 Å². The number of rotatable bonds is 7. The van der Waals surface area contributed by atoms with Crippen LogP contribution in [-0.2, 0) is 0 Å². The quantitative estimate of drug-likeness (QED) is 0.188. The van der Waals surface area contributed by atoms with Gasteiger partial charge in [-0.2, -0.15) is 0 Å². The topological polar surface area (TPSA) is 76.7 Å². The Morgan fingerprint density at radius 1 is 0.364 bits per heavy atom. The highest BCUT2D eigenvalue weighted by molar-refractivity contribution is 5.79. The molecule has 1 heterocycles. The average Bonchev–Trinajstić information content (AvgIpc) is 3.10. The predicted molar refractivity (Wildman–Crippen MR) is 181 cm³/mol.